The third kappa shape index (κ3) is 4.18. The number of urea groups is 1. The molecule has 0 saturated carbocycles. The second-order valence-electron chi connectivity index (χ2n) is 6.92. The number of nitrogens with zero attached hydrogens (tertiary/aromatic N) is 2. The van der Waals surface area contributed by atoms with Gasteiger partial charge in [0, 0.05) is 48.6 Å². The minimum Gasteiger partial charge on any atom is -0.497 e. The lowest BCUT2D eigenvalue weighted by atomic mass is 10.1. The predicted octanol–water partition coefficient (Wildman–Crippen LogP) is 4.55. The van der Waals surface area contributed by atoms with Crippen molar-refractivity contribution in [3.05, 3.63) is 54.5 Å². The van der Waals surface area contributed by atoms with Gasteiger partial charge < -0.3 is 24.7 Å². The van der Waals surface area contributed by atoms with Crippen LogP contribution in [0.15, 0.2) is 48.7 Å². The molecule has 0 bridgehead atoms. The molecule has 4 rings (SSSR count). The molecule has 3 aromatic rings. The van der Waals surface area contributed by atoms with Crippen LogP contribution >= 0.6 is 0 Å². The first-order valence-corrected chi connectivity index (χ1v) is 9.63. The van der Waals surface area contributed by atoms with E-state index in [1.54, 1.807) is 32.4 Å². The van der Waals surface area contributed by atoms with Crippen molar-refractivity contribution in [2.75, 3.05) is 24.9 Å². The fourth-order valence-corrected chi connectivity index (χ4v) is 3.52. The minimum atomic E-state index is -0.350. The van der Waals surface area contributed by atoms with E-state index < -0.39 is 0 Å². The number of imidazole rings is 1. The maximum Gasteiger partial charge on any atom is 0.323 e. The van der Waals surface area contributed by atoms with E-state index in [-0.39, 0.29) is 6.03 Å². The number of fused-ring (bicyclic) bond motifs is 1. The molecule has 0 atom stereocenters. The zero-order valence-electron chi connectivity index (χ0n) is 16.6. The average molecular weight is 392 g/mol. The second-order valence-corrected chi connectivity index (χ2v) is 6.92. The highest BCUT2D eigenvalue weighted by Gasteiger charge is 2.16. The minimum absolute atomic E-state index is 0.350. The number of amides is 2. The van der Waals surface area contributed by atoms with Crippen molar-refractivity contribution in [1.82, 2.24) is 9.55 Å². The predicted molar refractivity (Wildman–Crippen MR) is 113 cm³/mol. The third-order valence-electron chi connectivity index (χ3n) is 4.97. The number of hydrogen-bond acceptors (Lipinski definition) is 4. The topological polar surface area (TPSA) is 77.4 Å². The lowest BCUT2D eigenvalue weighted by molar-refractivity contribution is 0.262. The Kier molecular flexibility index (Phi) is 5.37. The number of nitrogens with one attached hydrogen (secondary N) is 2. The number of aryl methyl sites for hydroxylation is 2. The molecule has 0 spiro atoms. The number of carbonyl (C=O) groups is 1. The first kappa shape index (κ1) is 18.9. The van der Waals surface area contributed by atoms with Gasteiger partial charge in [0.25, 0.3) is 0 Å². The second kappa shape index (κ2) is 8.26. The van der Waals surface area contributed by atoms with Crippen LogP contribution in [0.4, 0.5) is 16.2 Å². The summed E-state index contributed by atoms with van der Waals surface area (Å²) in [6.45, 7) is 0.996. The smallest absolute Gasteiger partial charge is 0.323 e. The van der Waals surface area contributed by atoms with Crippen molar-refractivity contribution in [3.63, 3.8) is 0 Å². The Hall–Kier alpha value is -3.48. The lowest BCUT2D eigenvalue weighted by Gasteiger charge is -2.12. The average Bonchev–Trinajstić information content (AvgIpc) is 3.17. The van der Waals surface area contributed by atoms with Crippen LogP contribution in [-0.2, 0) is 13.0 Å². The Morgan fingerprint density at radius 2 is 1.79 bits per heavy atom. The number of rotatable bonds is 5. The molecule has 29 heavy (non-hydrogen) atoms. The quantitative estimate of drug-likeness (QED) is 0.668. The van der Waals surface area contributed by atoms with Crippen molar-refractivity contribution in [2.45, 2.75) is 25.8 Å². The highest BCUT2D eigenvalue weighted by Crippen LogP contribution is 2.30. The number of aromatic nitrogens is 2. The fraction of sp³-hybridized carbons (Fsp3) is 0.273. The maximum atomic E-state index is 12.6. The van der Waals surface area contributed by atoms with Crippen LogP contribution in [0.25, 0.3) is 11.3 Å². The van der Waals surface area contributed by atoms with Gasteiger partial charge in [-0.3, -0.25) is 0 Å². The van der Waals surface area contributed by atoms with Crippen molar-refractivity contribution in [1.29, 1.82) is 0 Å². The van der Waals surface area contributed by atoms with E-state index in [2.05, 4.69) is 21.4 Å². The lowest BCUT2D eigenvalue weighted by Crippen LogP contribution is -2.20. The van der Waals surface area contributed by atoms with E-state index in [9.17, 15) is 4.79 Å². The van der Waals surface area contributed by atoms with Crippen LogP contribution in [0.5, 0.6) is 11.5 Å². The van der Waals surface area contributed by atoms with Crippen molar-refractivity contribution < 1.29 is 14.3 Å². The number of carbonyl (C=O) groups excluding carboxylic acids is 1. The van der Waals surface area contributed by atoms with Crippen molar-refractivity contribution in [2.24, 2.45) is 0 Å². The molecule has 7 heteroatoms. The highest BCUT2D eigenvalue weighted by molar-refractivity contribution is 6.02. The highest BCUT2D eigenvalue weighted by atomic mass is 16.5. The normalized spacial score (nSPS) is 12.8. The van der Waals surface area contributed by atoms with Gasteiger partial charge in [0.15, 0.2) is 0 Å². The van der Waals surface area contributed by atoms with Crippen molar-refractivity contribution in [3.8, 4) is 22.8 Å². The Balaban J connectivity index is 1.54. The summed E-state index contributed by atoms with van der Waals surface area (Å²) in [7, 11) is 3.14. The van der Waals surface area contributed by atoms with Gasteiger partial charge in [0.05, 0.1) is 25.6 Å². The molecular weight excluding hydrogens is 368 g/mol. The molecule has 0 radical (unpaired) electrons. The van der Waals surface area contributed by atoms with Crippen LogP contribution < -0.4 is 20.1 Å². The summed E-state index contributed by atoms with van der Waals surface area (Å²) in [4.78, 5) is 17.4. The molecule has 1 aromatic heterocycles. The molecule has 0 unspecified atom stereocenters. The van der Waals surface area contributed by atoms with Crippen LogP contribution in [-0.4, -0.2) is 29.8 Å². The molecule has 1 aliphatic rings. The van der Waals surface area contributed by atoms with Gasteiger partial charge in [-0.1, -0.05) is 18.2 Å². The largest absolute Gasteiger partial charge is 0.497 e. The standard InChI is InChI=1S/C22H24N4O3/c1-28-16-11-15(12-17(13-16)29-2)23-22(27)25-19-8-4-3-7-18(19)20-14-26-10-6-5-9-21(26)24-20/h3-4,7-8,11-14H,5-6,9-10H2,1-2H3,(H2,23,25,27). The zero-order chi connectivity index (χ0) is 20.2. The van der Waals surface area contributed by atoms with Gasteiger partial charge in [-0.25, -0.2) is 9.78 Å². The Labute approximate surface area is 169 Å². The van der Waals surface area contributed by atoms with E-state index in [1.165, 1.54) is 12.8 Å². The van der Waals surface area contributed by atoms with Crippen molar-refractivity contribution >= 4 is 17.4 Å². The van der Waals surface area contributed by atoms with E-state index in [0.29, 0.717) is 22.9 Å². The Morgan fingerprint density at radius 3 is 2.52 bits per heavy atom. The summed E-state index contributed by atoms with van der Waals surface area (Å²) in [6, 6.07) is 12.6. The molecular formula is C22H24N4O3. The summed E-state index contributed by atoms with van der Waals surface area (Å²) in [6.07, 6.45) is 5.41. The van der Waals surface area contributed by atoms with Crippen LogP contribution in [0, 0.1) is 0 Å². The summed E-state index contributed by atoms with van der Waals surface area (Å²) < 4.78 is 12.7. The molecule has 2 heterocycles. The zero-order valence-corrected chi connectivity index (χ0v) is 16.6. The van der Waals surface area contributed by atoms with Gasteiger partial charge in [-0.05, 0) is 18.9 Å². The van der Waals surface area contributed by atoms with Gasteiger partial charge in [-0.2, -0.15) is 0 Å². The molecule has 0 aliphatic carbocycles. The van der Waals surface area contributed by atoms with E-state index in [4.69, 9.17) is 14.5 Å². The molecule has 7 nitrogen and oxygen atoms in total. The number of anilines is 2. The summed E-state index contributed by atoms with van der Waals surface area (Å²) in [5.41, 5.74) is 3.05. The van der Waals surface area contributed by atoms with E-state index in [0.717, 1.165) is 30.0 Å². The van der Waals surface area contributed by atoms with E-state index in [1.807, 2.05) is 24.3 Å². The monoisotopic (exact) mass is 392 g/mol. The van der Waals surface area contributed by atoms with Gasteiger partial charge in [0.1, 0.15) is 17.3 Å². The molecule has 150 valence electrons. The Morgan fingerprint density at radius 1 is 1.03 bits per heavy atom. The van der Waals surface area contributed by atoms with Gasteiger partial charge in [0.2, 0.25) is 0 Å². The fourth-order valence-electron chi connectivity index (χ4n) is 3.52. The van der Waals surface area contributed by atoms with Crippen LogP contribution in [0.3, 0.4) is 0 Å². The Bertz CT molecular complexity index is 983. The van der Waals surface area contributed by atoms with Gasteiger partial charge >= 0.3 is 6.03 Å². The number of benzene rings is 2. The number of hydrogen-bond donors (Lipinski definition) is 2. The SMILES string of the molecule is COc1cc(NC(=O)Nc2ccccc2-c2cn3c(n2)CCCC3)cc(OC)c1. The van der Waals surface area contributed by atoms with Gasteiger partial charge in [-0.15, -0.1) is 0 Å². The molecule has 2 amide bonds. The first-order valence-electron chi connectivity index (χ1n) is 9.63. The summed E-state index contributed by atoms with van der Waals surface area (Å²) in [5.74, 6) is 2.31. The number of methoxy groups -OCH3 is 2. The maximum absolute atomic E-state index is 12.6. The van der Waals surface area contributed by atoms with E-state index >= 15 is 0 Å². The van der Waals surface area contributed by atoms with Crippen LogP contribution in [0.1, 0.15) is 18.7 Å². The molecule has 2 N–H and O–H groups in total. The molecule has 1 aliphatic heterocycles. The number of para-hydroxylation sites is 1. The first-order chi connectivity index (χ1) is 14.2. The molecule has 0 saturated heterocycles. The number of ether oxygens (including phenoxy) is 2. The van der Waals surface area contributed by atoms with Crippen LogP contribution in [0.2, 0.25) is 0 Å². The third-order valence-corrected chi connectivity index (χ3v) is 4.97. The summed E-state index contributed by atoms with van der Waals surface area (Å²) in [5, 5.41) is 5.76. The molecule has 2 aromatic carbocycles. The molecule has 0 fully saturated rings. The summed E-state index contributed by atoms with van der Waals surface area (Å²) >= 11 is 0.